The maximum Gasteiger partial charge on any atom is 0.416 e. The van der Waals surface area contributed by atoms with Gasteiger partial charge < -0.3 is 14.9 Å². The molecule has 1 amide bonds. The number of hydrogen-bond donors (Lipinski definition) is 1. The minimum Gasteiger partial charge on any atom is -0.390 e. The molecule has 6 rings (SSSR count). The van der Waals surface area contributed by atoms with Crippen LogP contribution in [-0.4, -0.2) is 72.0 Å². The van der Waals surface area contributed by atoms with Gasteiger partial charge in [0.05, 0.1) is 41.0 Å². The minimum atomic E-state index is -4.45. The van der Waals surface area contributed by atoms with Crippen LogP contribution in [0.4, 0.5) is 13.2 Å². The molecule has 4 heterocycles. The maximum absolute atomic E-state index is 13.2. The van der Waals surface area contributed by atoms with Crippen molar-refractivity contribution in [3.8, 4) is 17.3 Å². The summed E-state index contributed by atoms with van der Waals surface area (Å²) in [7, 11) is 0. The highest BCUT2D eigenvalue weighted by molar-refractivity contribution is 5.76. The van der Waals surface area contributed by atoms with Crippen molar-refractivity contribution in [2.45, 2.75) is 64.1 Å². The topological polar surface area (TPSA) is 112 Å². The van der Waals surface area contributed by atoms with Crippen LogP contribution in [0, 0.1) is 11.3 Å². The number of aliphatic hydroxyl groups is 1. The fourth-order valence-corrected chi connectivity index (χ4v) is 6.68. The van der Waals surface area contributed by atoms with Crippen molar-refractivity contribution in [3.05, 3.63) is 75.8 Å². The van der Waals surface area contributed by atoms with Crippen LogP contribution in [0.15, 0.2) is 53.3 Å². The Bertz CT molecular complexity index is 1810. The molecule has 45 heavy (non-hydrogen) atoms. The summed E-state index contributed by atoms with van der Waals surface area (Å²) in [6.45, 7) is 4.21. The van der Waals surface area contributed by atoms with Crippen molar-refractivity contribution in [1.29, 1.82) is 5.26 Å². The maximum atomic E-state index is 13.2. The lowest BCUT2D eigenvalue weighted by Gasteiger charge is -2.33. The zero-order valence-corrected chi connectivity index (χ0v) is 24.9. The lowest BCUT2D eigenvalue weighted by atomic mass is 10.00. The minimum absolute atomic E-state index is 0.0120. The van der Waals surface area contributed by atoms with Gasteiger partial charge in [0.25, 0.3) is 0 Å². The predicted molar refractivity (Wildman–Crippen MR) is 160 cm³/mol. The van der Waals surface area contributed by atoms with E-state index in [1.165, 1.54) is 23.6 Å². The second kappa shape index (κ2) is 12.2. The van der Waals surface area contributed by atoms with Crippen LogP contribution in [0.1, 0.15) is 42.6 Å². The zero-order valence-electron chi connectivity index (χ0n) is 24.9. The largest absolute Gasteiger partial charge is 0.416 e. The first-order chi connectivity index (χ1) is 21.5. The number of likely N-dealkylation sites (tertiary alicyclic amines) is 1. The van der Waals surface area contributed by atoms with Crippen LogP contribution in [-0.2, 0) is 37.0 Å². The predicted octanol–water partition coefficient (Wildman–Crippen LogP) is 3.81. The summed E-state index contributed by atoms with van der Waals surface area (Å²) in [5.41, 5.74) is 3.30. The molecular weight excluding hydrogens is 587 g/mol. The molecule has 4 aromatic rings. The van der Waals surface area contributed by atoms with Crippen LogP contribution in [0.2, 0.25) is 0 Å². The van der Waals surface area contributed by atoms with Crippen LogP contribution >= 0.6 is 0 Å². The highest BCUT2D eigenvalue weighted by atomic mass is 19.4. The molecular formula is C32H34F3N7O3. The van der Waals surface area contributed by atoms with Crippen molar-refractivity contribution in [1.82, 2.24) is 28.7 Å². The van der Waals surface area contributed by atoms with Crippen LogP contribution in [0.5, 0.6) is 0 Å². The van der Waals surface area contributed by atoms with Gasteiger partial charge in [0.2, 0.25) is 5.91 Å². The first-order valence-corrected chi connectivity index (χ1v) is 15.0. The number of carbonyl (C=O) groups excluding carboxylic acids is 1. The van der Waals surface area contributed by atoms with Gasteiger partial charge in [-0.3, -0.25) is 18.6 Å². The summed E-state index contributed by atoms with van der Waals surface area (Å²) in [6, 6.07) is 14.4. The van der Waals surface area contributed by atoms with Crippen molar-refractivity contribution in [2.75, 3.05) is 26.2 Å². The van der Waals surface area contributed by atoms with E-state index in [9.17, 15) is 33.1 Å². The fraction of sp³-hybridized carbons (Fsp3) is 0.438. The molecule has 0 aliphatic carbocycles. The number of hydrogen-bond acceptors (Lipinski definition) is 6. The molecule has 236 valence electrons. The molecule has 0 bridgehead atoms. The third-order valence-electron chi connectivity index (χ3n) is 8.94. The number of nitrogens with zero attached hydrogens (tertiary/aromatic N) is 7. The number of imidazole rings is 1. The van der Waals surface area contributed by atoms with E-state index in [2.05, 4.69) is 11.0 Å². The monoisotopic (exact) mass is 621 g/mol. The number of fused-ring (bicyclic) bond motifs is 2. The molecule has 0 saturated carbocycles. The number of amides is 1. The van der Waals surface area contributed by atoms with Gasteiger partial charge in [-0.2, -0.15) is 23.5 Å². The summed E-state index contributed by atoms with van der Waals surface area (Å²) in [4.78, 5) is 29.2. The van der Waals surface area contributed by atoms with Gasteiger partial charge in [-0.15, -0.1) is 0 Å². The Hall–Kier alpha value is -4.41. The molecule has 10 nitrogen and oxygen atoms in total. The number of aromatic nitrogens is 4. The molecule has 2 aromatic carbocycles. The molecule has 2 aromatic heterocycles. The van der Waals surface area contributed by atoms with E-state index < -0.39 is 17.8 Å². The third kappa shape index (κ3) is 6.00. The van der Waals surface area contributed by atoms with E-state index in [-0.39, 0.29) is 30.7 Å². The van der Waals surface area contributed by atoms with Crippen LogP contribution in [0.3, 0.4) is 0 Å². The fourth-order valence-electron chi connectivity index (χ4n) is 6.68. The van der Waals surface area contributed by atoms with Crippen molar-refractivity contribution >= 4 is 16.9 Å². The Morgan fingerprint density at radius 3 is 2.40 bits per heavy atom. The van der Waals surface area contributed by atoms with E-state index in [0.717, 1.165) is 34.4 Å². The summed E-state index contributed by atoms with van der Waals surface area (Å²) in [5, 5.41) is 25.1. The van der Waals surface area contributed by atoms with Gasteiger partial charge in [-0.25, -0.2) is 4.79 Å². The second-order valence-corrected chi connectivity index (χ2v) is 11.8. The Morgan fingerprint density at radius 2 is 1.76 bits per heavy atom. The van der Waals surface area contributed by atoms with Gasteiger partial charge in [-0.05, 0) is 37.1 Å². The smallest absolute Gasteiger partial charge is 0.390 e. The average Bonchev–Trinajstić information content (AvgIpc) is 3.51. The van der Waals surface area contributed by atoms with Gasteiger partial charge in [0.15, 0.2) is 0 Å². The number of carbonyl (C=O) groups is 1. The van der Waals surface area contributed by atoms with E-state index >= 15 is 0 Å². The molecule has 1 atom stereocenters. The molecule has 1 saturated heterocycles. The third-order valence-corrected chi connectivity index (χ3v) is 8.94. The van der Waals surface area contributed by atoms with Crippen molar-refractivity contribution in [2.24, 2.45) is 0 Å². The summed E-state index contributed by atoms with van der Waals surface area (Å²) < 4.78 is 44.5. The number of para-hydroxylation sites is 2. The van der Waals surface area contributed by atoms with Gasteiger partial charge >= 0.3 is 11.9 Å². The van der Waals surface area contributed by atoms with Gasteiger partial charge in [-0.1, -0.05) is 24.3 Å². The summed E-state index contributed by atoms with van der Waals surface area (Å²) >= 11 is 0. The number of nitriles is 1. The SMILES string of the molecule is CC(=O)N1CCc2c(c(-c3ccc(C(F)(F)F)cc3)nn2CC(O)CN2CCC(n3c(=O)n(CC#N)c4ccccc43)CC2)C1. The molecule has 2 aliphatic heterocycles. The van der Waals surface area contributed by atoms with Gasteiger partial charge in [0.1, 0.15) is 6.54 Å². The number of halogens is 3. The number of piperidine rings is 1. The van der Waals surface area contributed by atoms with Crippen molar-refractivity contribution in [3.63, 3.8) is 0 Å². The Balaban J connectivity index is 1.16. The first-order valence-electron chi connectivity index (χ1n) is 15.0. The van der Waals surface area contributed by atoms with E-state index in [4.69, 9.17) is 5.10 Å². The van der Waals surface area contributed by atoms with Crippen LogP contribution < -0.4 is 5.69 Å². The molecule has 0 radical (unpaired) electrons. The Labute approximate surface area is 257 Å². The zero-order chi connectivity index (χ0) is 31.9. The Kier molecular flexibility index (Phi) is 8.28. The van der Waals surface area contributed by atoms with Crippen molar-refractivity contribution < 1.29 is 23.1 Å². The number of aliphatic hydroxyl groups excluding tert-OH is 1. The molecule has 2 aliphatic rings. The quantitative estimate of drug-likeness (QED) is 0.336. The lowest BCUT2D eigenvalue weighted by Crippen LogP contribution is -2.42. The number of benzene rings is 2. The van der Waals surface area contributed by atoms with Gasteiger partial charge in [0, 0.05) is 68.9 Å². The normalized spacial score (nSPS) is 16.9. The van der Waals surface area contributed by atoms with E-state index in [0.29, 0.717) is 63.2 Å². The molecule has 13 heteroatoms. The molecule has 0 spiro atoms. The van der Waals surface area contributed by atoms with E-state index in [1.807, 2.05) is 24.3 Å². The van der Waals surface area contributed by atoms with Crippen LogP contribution in [0.25, 0.3) is 22.3 Å². The molecule has 1 N–H and O–H groups in total. The standard InChI is InChI=1S/C32H34F3N7O3/c1-21(43)39-16-12-27-26(20-39)30(22-6-8-23(9-7-22)32(33,34)35)37-41(27)19-25(44)18-38-14-10-24(11-15-38)42-29-5-3-2-4-28(29)40(17-13-36)31(42)45/h2-9,24-25,44H,10-12,14-20H2,1H3. The summed E-state index contributed by atoms with van der Waals surface area (Å²) in [5.74, 6) is -0.0907. The lowest BCUT2D eigenvalue weighted by molar-refractivity contribution is -0.137. The summed E-state index contributed by atoms with van der Waals surface area (Å²) in [6.07, 6.45) is -3.27. The molecule has 1 unspecified atom stereocenters. The highest BCUT2D eigenvalue weighted by Gasteiger charge is 2.32. The second-order valence-electron chi connectivity index (χ2n) is 11.8. The van der Waals surface area contributed by atoms with E-state index in [1.54, 1.807) is 14.1 Å². The average molecular weight is 622 g/mol. The molecule has 1 fully saturated rings. The number of rotatable bonds is 7. The number of β-amino-alcohol motifs (C(OH)–C–C–N with tert-alkyl or cyclic N) is 1. The Morgan fingerprint density at radius 1 is 1.07 bits per heavy atom. The highest BCUT2D eigenvalue weighted by Crippen LogP contribution is 2.34. The number of alkyl halides is 3. The first kappa shape index (κ1) is 30.6.